The van der Waals surface area contributed by atoms with Crippen LogP contribution in [0.15, 0.2) is 0 Å². The zero-order chi connectivity index (χ0) is 6.91. The number of carbonyl (C=O) groups is 1. The van der Waals surface area contributed by atoms with Gasteiger partial charge in [-0.25, -0.2) is 0 Å². The second-order valence-corrected chi connectivity index (χ2v) is 2.03. The number of ether oxygens (including phenoxy) is 1. The highest BCUT2D eigenvalue weighted by molar-refractivity contribution is 5.60. The molecule has 1 saturated heterocycles. The third kappa shape index (κ3) is 1.08. The van der Waals surface area contributed by atoms with Crippen LogP contribution in [0.25, 0.3) is 0 Å². The summed E-state index contributed by atoms with van der Waals surface area (Å²) < 4.78 is 28.8. The summed E-state index contributed by atoms with van der Waals surface area (Å²) in [5, 5.41) is 0. The van der Waals surface area contributed by atoms with Gasteiger partial charge in [0, 0.05) is 0 Å². The van der Waals surface area contributed by atoms with Crippen molar-refractivity contribution in [1.82, 2.24) is 0 Å². The van der Waals surface area contributed by atoms with Crippen LogP contribution >= 0.6 is 0 Å². The van der Waals surface area contributed by atoms with E-state index in [1.807, 2.05) is 0 Å². The SMILES string of the molecule is O=CC(F)(F)C1COC1. The minimum atomic E-state index is -3.17. The van der Waals surface area contributed by atoms with Crippen LogP contribution in [0.5, 0.6) is 0 Å². The predicted molar refractivity (Wildman–Crippen MR) is 25.3 cm³/mol. The second-order valence-electron chi connectivity index (χ2n) is 2.03. The zero-order valence-electron chi connectivity index (χ0n) is 4.64. The maximum Gasteiger partial charge on any atom is 0.309 e. The molecule has 1 rings (SSSR count). The summed E-state index contributed by atoms with van der Waals surface area (Å²) in [5.41, 5.74) is 0. The number of halogens is 2. The molecule has 1 heterocycles. The molecule has 4 heteroatoms. The van der Waals surface area contributed by atoms with Gasteiger partial charge in [-0.2, -0.15) is 8.78 Å². The first-order chi connectivity index (χ1) is 4.17. The van der Waals surface area contributed by atoms with Crippen LogP contribution in [0, 0.1) is 5.92 Å². The maximum absolute atomic E-state index is 12.1. The van der Waals surface area contributed by atoms with Gasteiger partial charge < -0.3 is 4.74 Å². The average molecular weight is 136 g/mol. The van der Waals surface area contributed by atoms with E-state index in [1.165, 1.54) is 0 Å². The Balaban J connectivity index is 2.46. The molecular formula is C5H6F2O2. The summed E-state index contributed by atoms with van der Waals surface area (Å²) in [6, 6.07) is 0. The molecular weight excluding hydrogens is 130 g/mol. The zero-order valence-corrected chi connectivity index (χ0v) is 4.64. The molecule has 0 N–H and O–H groups in total. The summed E-state index contributed by atoms with van der Waals surface area (Å²) in [4.78, 5) is 9.66. The van der Waals surface area contributed by atoms with Crippen LogP contribution in [0.4, 0.5) is 8.78 Å². The van der Waals surface area contributed by atoms with Crippen molar-refractivity contribution in [3.63, 3.8) is 0 Å². The second kappa shape index (κ2) is 2.02. The fourth-order valence-corrected chi connectivity index (χ4v) is 0.554. The maximum atomic E-state index is 12.1. The van der Waals surface area contributed by atoms with Crippen molar-refractivity contribution in [3.8, 4) is 0 Å². The topological polar surface area (TPSA) is 26.3 Å². The van der Waals surface area contributed by atoms with Crippen molar-refractivity contribution in [1.29, 1.82) is 0 Å². The molecule has 0 aromatic carbocycles. The molecule has 9 heavy (non-hydrogen) atoms. The molecule has 0 bridgehead atoms. The fourth-order valence-electron chi connectivity index (χ4n) is 0.554. The van der Waals surface area contributed by atoms with Gasteiger partial charge in [-0.1, -0.05) is 0 Å². The molecule has 0 spiro atoms. The number of alkyl halides is 2. The van der Waals surface area contributed by atoms with Crippen LogP contribution in [0.3, 0.4) is 0 Å². The van der Waals surface area contributed by atoms with E-state index in [4.69, 9.17) is 0 Å². The van der Waals surface area contributed by atoms with Gasteiger partial charge in [-0.15, -0.1) is 0 Å². The standard InChI is InChI=1S/C5H6F2O2/c6-5(7,3-8)4-1-9-2-4/h3-4H,1-2H2. The first kappa shape index (κ1) is 6.61. The molecule has 0 unspecified atom stereocenters. The number of hydrogen-bond donors (Lipinski definition) is 0. The number of aldehydes is 1. The lowest BCUT2D eigenvalue weighted by atomic mass is 10.0. The lowest BCUT2D eigenvalue weighted by Crippen LogP contribution is -2.43. The quantitative estimate of drug-likeness (QED) is 0.516. The van der Waals surface area contributed by atoms with Crippen molar-refractivity contribution in [2.45, 2.75) is 5.92 Å². The van der Waals surface area contributed by atoms with Crippen molar-refractivity contribution < 1.29 is 18.3 Å². The van der Waals surface area contributed by atoms with E-state index in [0.29, 0.717) is 0 Å². The van der Waals surface area contributed by atoms with Crippen LogP contribution in [-0.2, 0) is 9.53 Å². The summed E-state index contributed by atoms with van der Waals surface area (Å²) in [6.07, 6.45) is -0.319. The van der Waals surface area contributed by atoms with Gasteiger partial charge >= 0.3 is 5.92 Å². The van der Waals surface area contributed by atoms with Gasteiger partial charge in [0.2, 0.25) is 0 Å². The smallest absolute Gasteiger partial charge is 0.309 e. The van der Waals surface area contributed by atoms with Gasteiger partial charge in [0.05, 0.1) is 19.1 Å². The number of hydrogen-bond acceptors (Lipinski definition) is 2. The van der Waals surface area contributed by atoms with Crippen LogP contribution in [-0.4, -0.2) is 25.4 Å². The molecule has 0 aliphatic carbocycles. The molecule has 2 nitrogen and oxygen atoms in total. The fraction of sp³-hybridized carbons (Fsp3) is 0.800. The van der Waals surface area contributed by atoms with Gasteiger partial charge in [-0.05, 0) is 0 Å². The van der Waals surface area contributed by atoms with Crippen molar-refractivity contribution in [2.75, 3.05) is 13.2 Å². The molecule has 0 saturated carbocycles. The molecule has 0 amide bonds. The van der Waals surface area contributed by atoms with E-state index in [0.717, 1.165) is 0 Å². The summed E-state index contributed by atoms with van der Waals surface area (Å²) in [5.74, 6) is -4.05. The Morgan fingerprint density at radius 3 is 2.22 bits per heavy atom. The van der Waals surface area contributed by atoms with Crippen LogP contribution in [0.2, 0.25) is 0 Å². The Morgan fingerprint density at radius 1 is 1.56 bits per heavy atom. The summed E-state index contributed by atoms with van der Waals surface area (Å²) in [6.45, 7) is 0.0114. The molecule has 1 aliphatic rings. The Bertz CT molecular complexity index is 120. The van der Waals surface area contributed by atoms with Gasteiger partial charge in [0.15, 0.2) is 6.29 Å². The van der Waals surface area contributed by atoms with E-state index in [9.17, 15) is 13.6 Å². The third-order valence-corrected chi connectivity index (χ3v) is 1.34. The molecule has 52 valence electrons. The van der Waals surface area contributed by atoms with Crippen molar-refractivity contribution in [3.05, 3.63) is 0 Å². The first-order valence-corrected chi connectivity index (χ1v) is 2.58. The minimum Gasteiger partial charge on any atom is -0.380 e. The monoisotopic (exact) mass is 136 g/mol. The summed E-state index contributed by atoms with van der Waals surface area (Å²) >= 11 is 0. The predicted octanol–water partition coefficient (Wildman–Crippen LogP) is 0.467. The Kier molecular flexibility index (Phi) is 1.48. The lowest BCUT2D eigenvalue weighted by Gasteiger charge is -2.29. The third-order valence-electron chi connectivity index (χ3n) is 1.34. The molecule has 1 fully saturated rings. The highest BCUT2D eigenvalue weighted by Gasteiger charge is 2.43. The van der Waals surface area contributed by atoms with Crippen LogP contribution < -0.4 is 0 Å². The van der Waals surface area contributed by atoms with Crippen molar-refractivity contribution >= 4 is 6.29 Å². The average Bonchev–Trinajstić information content (AvgIpc) is 1.60. The molecule has 0 atom stereocenters. The van der Waals surface area contributed by atoms with E-state index in [1.54, 1.807) is 0 Å². The Labute approximate surface area is 50.8 Å². The Morgan fingerprint density at radius 2 is 2.11 bits per heavy atom. The number of carbonyl (C=O) groups excluding carboxylic acids is 1. The highest BCUT2D eigenvalue weighted by Crippen LogP contribution is 2.27. The van der Waals surface area contributed by atoms with E-state index < -0.39 is 11.8 Å². The highest BCUT2D eigenvalue weighted by atomic mass is 19.3. The summed E-state index contributed by atoms with van der Waals surface area (Å²) in [7, 11) is 0. The van der Waals surface area contributed by atoms with Gasteiger partial charge in [-0.3, -0.25) is 4.79 Å². The lowest BCUT2D eigenvalue weighted by molar-refractivity contribution is -0.172. The van der Waals surface area contributed by atoms with E-state index in [-0.39, 0.29) is 19.5 Å². The minimum absolute atomic E-state index is 0.00569. The van der Waals surface area contributed by atoms with Gasteiger partial charge in [0.25, 0.3) is 0 Å². The van der Waals surface area contributed by atoms with E-state index >= 15 is 0 Å². The molecule has 0 radical (unpaired) electrons. The molecule has 1 aliphatic heterocycles. The number of rotatable bonds is 2. The van der Waals surface area contributed by atoms with Crippen molar-refractivity contribution in [2.24, 2.45) is 5.92 Å². The molecule has 0 aromatic heterocycles. The van der Waals surface area contributed by atoms with Gasteiger partial charge in [0.1, 0.15) is 0 Å². The largest absolute Gasteiger partial charge is 0.380 e. The van der Waals surface area contributed by atoms with Crippen LogP contribution in [0.1, 0.15) is 0 Å². The molecule has 0 aromatic rings. The normalized spacial score (nSPS) is 21.1. The van der Waals surface area contributed by atoms with E-state index in [2.05, 4.69) is 4.74 Å². The Hall–Kier alpha value is -0.510. The first-order valence-electron chi connectivity index (χ1n) is 2.58.